The Morgan fingerprint density at radius 1 is 1.45 bits per heavy atom. The molecule has 0 bridgehead atoms. The number of fused-ring (bicyclic) bond motifs is 1. The van der Waals surface area contributed by atoms with Gasteiger partial charge in [0.25, 0.3) is 5.91 Å². The molecule has 0 aromatic carbocycles. The summed E-state index contributed by atoms with van der Waals surface area (Å²) in [6, 6.07) is 2.13. The molecule has 1 aliphatic carbocycles. The number of thiophene rings is 1. The summed E-state index contributed by atoms with van der Waals surface area (Å²) in [5.41, 5.74) is 1.42. The lowest BCUT2D eigenvalue weighted by molar-refractivity contribution is 0.0383. The van der Waals surface area contributed by atoms with Crippen molar-refractivity contribution in [2.75, 3.05) is 39.4 Å². The van der Waals surface area contributed by atoms with Gasteiger partial charge in [-0.2, -0.15) is 0 Å². The van der Waals surface area contributed by atoms with Crippen molar-refractivity contribution >= 4 is 17.2 Å². The molecule has 2 aliphatic rings. The van der Waals surface area contributed by atoms with Gasteiger partial charge in [0, 0.05) is 31.1 Å². The Morgan fingerprint density at radius 3 is 3.05 bits per heavy atom. The molecule has 2 heterocycles. The summed E-state index contributed by atoms with van der Waals surface area (Å²) >= 11 is 1.70. The highest BCUT2D eigenvalue weighted by Crippen LogP contribution is 2.33. The van der Waals surface area contributed by atoms with Gasteiger partial charge in [-0.3, -0.25) is 9.69 Å². The summed E-state index contributed by atoms with van der Waals surface area (Å²) in [5, 5.41) is 3.07. The number of nitrogens with one attached hydrogen (secondary N) is 1. The maximum Gasteiger partial charge on any atom is 0.261 e. The van der Waals surface area contributed by atoms with Crippen LogP contribution in [0.25, 0.3) is 0 Å². The molecule has 122 valence electrons. The van der Waals surface area contributed by atoms with Crippen molar-refractivity contribution < 1.29 is 9.53 Å². The monoisotopic (exact) mass is 322 g/mol. The average molecular weight is 322 g/mol. The van der Waals surface area contributed by atoms with Crippen molar-refractivity contribution in [1.82, 2.24) is 10.2 Å². The first-order valence-electron chi connectivity index (χ1n) is 8.46. The number of hydrogen-bond acceptors (Lipinski definition) is 4. The van der Waals surface area contributed by atoms with Crippen LogP contribution in [0, 0.1) is 5.92 Å². The normalized spacial score (nSPS) is 22.3. The third-order valence-electron chi connectivity index (χ3n) is 4.80. The summed E-state index contributed by atoms with van der Waals surface area (Å²) in [5.74, 6) is 0.903. The smallest absolute Gasteiger partial charge is 0.261 e. The van der Waals surface area contributed by atoms with Crippen LogP contribution in [0.1, 0.15) is 39.9 Å². The van der Waals surface area contributed by atoms with Gasteiger partial charge in [-0.1, -0.05) is 13.3 Å². The molecule has 1 amide bonds. The second-order valence-electron chi connectivity index (χ2n) is 6.29. The molecule has 0 radical (unpaired) electrons. The number of rotatable bonds is 5. The molecule has 22 heavy (non-hydrogen) atoms. The summed E-state index contributed by atoms with van der Waals surface area (Å²) in [4.78, 5) is 17.0. The van der Waals surface area contributed by atoms with E-state index in [1.807, 2.05) is 0 Å². The molecule has 0 unspecified atom stereocenters. The van der Waals surface area contributed by atoms with Crippen molar-refractivity contribution in [3.8, 4) is 0 Å². The third kappa shape index (κ3) is 3.89. The molecule has 5 heteroatoms. The molecule has 1 aromatic heterocycles. The standard InChI is InChI=1S/C17H26N2O2S/c1-2-13-3-4-15-14(11-13)12-16(22-15)17(20)18-5-6-19-7-9-21-10-8-19/h12-13H,2-11H2,1H3,(H,18,20)/t13-/m0/s1. The first-order chi connectivity index (χ1) is 10.8. The van der Waals surface area contributed by atoms with E-state index in [-0.39, 0.29) is 5.91 Å². The predicted octanol–water partition coefficient (Wildman–Crippen LogP) is 2.33. The highest BCUT2D eigenvalue weighted by molar-refractivity contribution is 7.14. The maximum absolute atomic E-state index is 12.3. The Bertz CT molecular complexity index is 509. The van der Waals surface area contributed by atoms with Gasteiger partial charge in [0.05, 0.1) is 18.1 Å². The molecular formula is C17H26N2O2S. The maximum atomic E-state index is 12.3. The number of morpholine rings is 1. The lowest BCUT2D eigenvalue weighted by Crippen LogP contribution is -2.41. The van der Waals surface area contributed by atoms with Gasteiger partial charge in [0.1, 0.15) is 0 Å². The van der Waals surface area contributed by atoms with Crippen LogP contribution in [0.5, 0.6) is 0 Å². The van der Waals surface area contributed by atoms with Gasteiger partial charge in [0.2, 0.25) is 0 Å². The van der Waals surface area contributed by atoms with E-state index >= 15 is 0 Å². The second-order valence-corrected chi connectivity index (χ2v) is 7.42. The molecule has 0 spiro atoms. The zero-order valence-electron chi connectivity index (χ0n) is 13.4. The highest BCUT2D eigenvalue weighted by atomic mass is 32.1. The molecular weight excluding hydrogens is 296 g/mol. The van der Waals surface area contributed by atoms with E-state index in [2.05, 4.69) is 23.2 Å². The summed E-state index contributed by atoms with van der Waals surface area (Å²) in [6.07, 6.45) is 4.83. The Morgan fingerprint density at radius 2 is 2.27 bits per heavy atom. The fraction of sp³-hybridized carbons (Fsp3) is 0.706. The Kier molecular flexibility index (Phi) is 5.50. The summed E-state index contributed by atoms with van der Waals surface area (Å²) in [6.45, 7) is 7.47. The number of aryl methyl sites for hydroxylation is 1. The Labute approximate surface area is 136 Å². The van der Waals surface area contributed by atoms with Crippen LogP contribution in [0.15, 0.2) is 6.07 Å². The molecule has 4 nitrogen and oxygen atoms in total. The number of amides is 1. The van der Waals surface area contributed by atoms with Crippen molar-refractivity contribution in [3.63, 3.8) is 0 Å². The molecule has 1 saturated heterocycles. The second kappa shape index (κ2) is 7.57. The fourth-order valence-corrected chi connectivity index (χ4v) is 4.42. The van der Waals surface area contributed by atoms with Gasteiger partial charge in [-0.15, -0.1) is 11.3 Å². The molecule has 1 aliphatic heterocycles. The average Bonchev–Trinajstić information content (AvgIpc) is 2.99. The zero-order chi connectivity index (χ0) is 15.4. The van der Waals surface area contributed by atoms with Gasteiger partial charge in [-0.25, -0.2) is 0 Å². The molecule has 1 atom stereocenters. The minimum Gasteiger partial charge on any atom is -0.379 e. The molecule has 1 fully saturated rings. The number of carbonyl (C=O) groups is 1. The van der Waals surface area contributed by atoms with Crippen LogP contribution in [-0.4, -0.2) is 50.2 Å². The van der Waals surface area contributed by atoms with E-state index in [4.69, 9.17) is 4.74 Å². The number of nitrogens with zero attached hydrogens (tertiary/aromatic N) is 1. The van der Waals surface area contributed by atoms with Crippen molar-refractivity contribution in [3.05, 3.63) is 21.4 Å². The topological polar surface area (TPSA) is 41.6 Å². The molecule has 0 saturated carbocycles. The van der Waals surface area contributed by atoms with Crippen LogP contribution < -0.4 is 5.32 Å². The first-order valence-corrected chi connectivity index (χ1v) is 9.27. The minimum atomic E-state index is 0.0979. The number of hydrogen-bond donors (Lipinski definition) is 1. The van der Waals surface area contributed by atoms with Crippen LogP contribution in [0.3, 0.4) is 0 Å². The van der Waals surface area contributed by atoms with E-state index in [1.165, 1.54) is 23.3 Å². The van der Waals surface area contributed by atoms with Gasteiger partial charge in [-0.05, 0) is 36.8 Å². The van der Waals surface area contributed by atoms with Crippen LogP contribution in [-0.2, 0) is 17.6 Å². The predicted molar refractivity (Wildman–Crippen MR) is 89.7 cm³/mol. The third-order valence-corrected chi connectivity index (χ3v) is 6.04. The highest BCUT2D eigenvalue weighted by Gasteiger charge is 2.22. The van der Waals surface area contributed by atoms with Gasteiger partial charge < -0.3 is 10.1 Å². The van der Waals surface area contributed by atoms with Gasteiger partial charge >= 0.3 is 0 Å². The van der Waals surface area contributed by atoms with Crippen LogP contribution in [0.2, 0.25) is 0 Å². The van der Waals surface area contributed by atoms with Crippen LogP contribution in [0.4, 0.5) is 0 Å². The largest absolute Gasteiger partial charge is 0.379 e. The lowest BCUT2D eigenvalue weighted by Gasteiger charge is -2.26. The fourth-order valence-electron chi connectivity index (χ4n) is 3.30. The van der Waals surface area contributed by atoms with E-state index in [0.29, 0.717) is 0 Å². The van der Waals surface area contributed by atoms with E-state index in [1.54, 1.807) is 11.3 Å². The number of ether oxygens (including phenoxy) is 1. The van der Waals surface area contributed by atoms with Crippen molar-refractivity contribution in [1.29, 1.82) is 0 Å². The van der Waals surface area contributed by atoms with E-state index in [9.17, 15) is 4.79 Å². The van der Waals surface area contributed by atoms with Crippen molar-refractivity contribution in [2.45, 2.75) is 32.6 Å². The molecule has 1 aromatic rings. The summed E-state index contributed by atoms with van der Waals surface area (Å²) < 4.78 is 5.33. The minimum absolute atomic E-state index is 0.0979. The zero-order valence-corrected chi connectivity index (χ0v) is 14.2. The van der Waals surface area contributed by atoms with Gasteiger partial charge in [0.15, 0.2) is 0 Å². The quantitative estimate of drug-likeness (QED) is 0.904. The van der Waals surface area contributed by atoms with Crippen molar-refractivity contribution in [2.24, 2.45) is 5.92 Å². The van der Waals surface area contributed by atoms with Crippen LogP contribution >= 0.6 is 11.3 Å². The van der Waals surface area contributed by atoms with E-state index < -0.39 is 0 Å². The molecule has 1 N–H and O–H groups in total. The lowest BCUT2D eigenvalue weighted by atomic mass is 9.87. The van der Waals surface area contributed by atoms with E-state index in [0.717, 1.165) is 63.0 Å². The first kappa shape index (κ1) is 16.0. The summed E-state index contributed by atoms with van der Waals surface area (Å²) in [7, 11) is 0. The Balaban J connectivity index is 1.49. The SMILES string of the molecule is CC[C@H]1CCc2sc(C(=O)NCCN3CCOCC3)cc2C1. The Hall–Kier alpha value is -0.910. The molecule has 3 rings (SSSR count). The number of carbonyl (C=O) groups excluding carboxylic acids is 1.